The summed E-state index contributed by atoms with van der Waals surface area (Å²) < 4.78 is 145. The van der Waals surface area contributed by atoms with Crippen LogP contribution in [0.3, 0.4) is 0 Å². The summed E-state index contributed by atoms with van der Waals surface area (Å²) in [5.74, 6) is 0.180. The Morgan fingerprint density at radius 3 is 1.35 bits per heavy atom. The Morgan fingerprint density at radius 1 is 0.654 bits per heavy atom. The molecule has 8 rings (SSSR count). The maximum absolute atomic E-state index is 13.7. The average Bonchev–Trinajstić information content (AvgIpc) is 3.94. The maximum atomic E-state index is 13.7. The van der Waals surface area contributed by atoms with Gasteiger partial charge >= 0.3 is 12.4 Å². The van der Waals surface area contributed by atoms with Crippen LogP contribution in [0.15, 0.2) is 70.7 Å². The summed E-state index contributed by atoms with van der Waals surface area (Å²) in [4.78, 5) is -0.513. The first-order chi connectivity index (χ1) is 24.5. The topological polar surface area (TPSA) is 152 Å². The van der Waals surface area contributed by atoms with Gasteiger partial charge in [-0.25, -0.2) is 21.2 Å². The van der Waals surface area contributed by atoms with Gasteiger partial charge in [-0.05, 0) is 86.1 Å². The van der Waals surface area contributed by atoms with Crippen molar-refractivity contribution in [1.82, 2.24) is 29.0 Å². The van der Waals surface area contributed by atoms with E-state index in [1.165, 1.54) is 10.5 Å². The van der Waals surface area contributed by atoms with Gasteiger partial charge < -0.3 is 5.11 Å². The van der Waals surface area contributed by atoms with Gasteiger partial charge in [-0.1, -0.05) is 0 Å². The second kappa shape index (κ2) is 12.9. The first-order valence-corrected chi connectivity index (χ1v) is 19.0. The zero-order valence-electron chi connectivity index (χ0n) is 26.8. The van der Waals surface area contributed by atoms with Crippen LogP contribution in [0.4, 0.5) is 30.7 Å². The third kappa shape index (κ3) is 6.31. The Balaban J connectivity index is 0.000000162. The van der Waals surface area contributed by atoms with Crippen molar-refractivity contribution in [2.75, 3.05) is 13.3 Å². The molecule has 0 saturated heterocycles. The minimum atomic E-state index is -4.56. The quantitative estimate of drug-likeness (QED) is 0.180. The lowest BCUT2D eigenvalue weighted by atomic mass is 10.1. The molecular formula is C32H31F7N6O5S2. The highest BCUT2D eigenvalue weighted by Crippen LogP contribution is 2.56. The normalized spacial score (nSPS) is 24.0. The van der Waals surface area contributed by atoms with E-state index in [-0.39, 0.29) is 21.6 Å². The second-order valence-corrected chi connectivity index (χ2v) is 16.8. The molecule has 0 amide bonds. The zero-order chi connectivity index (χ0) is 37.4. The molecule has 2 aliphatic heterocycles. The molecule has 2 unspecified atom stereocenters. The van der Waals surface area contributed by atoms with E-state index in [4.69, 9.17) is 0 Å². The van der Waals surface area contributed by atoms with Crippen LogP contribution < -0.4 is 0 Å². The lowest BCUT2D eigenvalue weighted by Gasteiger charge is -2.29. The smallest absolute Gasteiger partial charge is 0.394 e. The molecule has 280 valence electrons. The van der Waals surface area contributed by atoms with Gasteiger partial charge in [-0.15, -0.1) is 0 Å². The summed E-state index contributed by atoms with van der Waals surface area (Å²) in [5.41, 5.74) is 0.477. The molecule has 20 heteroatoms. The average molecular weight is 777 g/mol. The van der Waals surface area contributed by atoms with E-state index < -0.39 is 81.0 Å². The van der Waals surface area contributed by atoms with Crippen molar-refractivity contribution in [2.45, 2.75) is 72.0 Å². The molecule has 2 aromatic carbocycles. The molecule has 4 aliphatic rings. The molecule has 4 aromatic rings. The van der Waals surface area contributed by atoms with Gasteiger partial charge in [-0.3, -0.25) is 10.2 Å². The molecule has 3 N–H and O–H groups in total. The highest BCUT2D eigenvalue weighted by atomic mass is 32.2. The number of nitrogens with one attached hydrogen (secondary N) is 2. The number of aliphatic hydroxyl groups is 1. The summed E-state index contributed by atoms with van der Waals surface area (Å²) >= 11 is 0. The number of H-pyrrole nitrogens is 2. The highest BCUT2D eigenvalue weighted by molar-refractivity contribution is 7.89. The Bertz CT molecular complexity index is 1990. The molecule has 4 heterocycles. The number of aromatic amines is 2. The Morgan fingerprint density at radius 2 is 1.02 bits per heavy atom. The van der Waals surface area contributed by atoms with Crippen LogP contribution in [0.5, 0.6) is 0 Å². The molecule has 2 fully saturated rings. The predicted octanol–water partition coefficient (Wildman–Crippen LogP) is 6.21. The molecule has 0 bridgehead atoms. The van der Waals surface area contributed by atoms with E-state index in [0.717, 1.165) is 84.1 Å². The van der Waals surface area contributed by atoms with Crippen molar-refractivity contribution in [3.05, 3.63) is 94.6 Å². The van der Waals surface area contributed by atoms with Crippen LogP contribution in [0.1, 0.15) is 83.5 Å². The standard InChI is InChI=1S/C16H15F4N3O2S.C16H16F3N3O3S/c17-7-13-14-12(8-21-22-14)15(9-1-2-9)23(13)26(24,25)11-5-3-10(4-6-11)16(18,19)20;17-16(18,19)10-3-5-11(6-4-10)26(24,25)22-13(8-23)14-12(7-20-21-14)15(22)9-1-2-9/h3-6,8-9,13,15H,1-2,7H2,(H,21,22);3-7,9,13,15,23H,1-2,8H2,(H,20,21)/t2*13?,15-/m11/s1. The third-order valence-electron chi connectivity index (χ3n) is 9.84. The van der Waals surface area contributed by atoms with Gasteiger partial charge in [0.05, 0.1) is 75.5 Å². The summed E-state index contributed by atoms with van der Waals surface area (Å²) in [6, 6.07) is 3.82. The third-order valence-corrected chi connectivity index (χ3v) is 13.6. The van der Waals surface area contributed by atoms with Crippen LogP contribution in [-0.4, -0.2) is 64.2 Å². The van der Waals surface area contributed by atoms with Crippen molar-refractivity contribution in [3.63, 3.8) is 0 Å². The monoisotopic (exact) mass is 776 g/mol. The van der Waals surface area contributed by atoms with Crippen LogP contribution >= 0.6 is 0 Å². The molecular weight excluding hydrogens is 746 g/mol. The number of sulfonamides is 2. The van der Waals surface area contributed by atoms with Crippen molar-refractivity contribution in [3.8, 4) is 0 Å². The number of hydrogen-bond acceptors (Lipinski definition) is 7. The summed E-state index contributed by atoms with van der Waals surface area (Å²) in [5, 5.41) is 23.0. The first kappa shape index (κ1) is 36.5. The lowest BCUT2D eigenvalue weighted by Crippen LogP contribution is -2.36. The van der Waals surface area contributed by atoms with Gasteiger partial charge in [0, 0.05) is 11.1 Å². The number of benzene rings is 2. The summed E-state index contributed by atoms with van der Waals surface area (Å²) in [6.07, 6.45) is -2.70. The minimum Gasteiger partial charge on any atom is -0.394 e. The van der Waals surface area contributed by atoms with E-state index in [9.17, 15) is 52.7 Å². The van der Waals surface area contributed by atoms with Crippen LogP contribution in [0.25, 0.3) is 0 Å². The molecule has 11 nitrogen and oxygen atoms in total. The Hall–Kier alpha value is -3.85. The van der Waals surface area contributed by atoms with E-state index in [2.05, 4.69) is 20.4 Å². The Kier molecular flexibility index (Phi) is 9.07. The van der Waals surface area contributed by atoms with E-state index in [0.29, 0.717) is 17.0 Å². The van der Waals surface area contributed by atoms with Gasteiger partial charge in [-0.2, -0.15) is 45.2 Å². The minimum absolute atomic E-state index is 0.0622. The first-order valence-electron chi connectivity index (χ1n) is 16.1. The summed E-state index contributed by atoms with van der Waals surface area (Å²) in [6.45, 7) is -1.39. The molecule has 52 heavy (non-hydrogen) atoms. The van der Waals surface area contributed by atoms with Crippen molar-refractivity contribution < 1.29 is 52.7 Å². The van der Waals surface area contributed by atoms with Gasteiger partial charge in [0.2, 0.25) is 20.0 Å². The summed E-state index contributed by atoms with van der Waals surface area (Å²) in [7, 11) is -8.27. The van der Waals surface area contributed by atoms with E-state index in [1.807, 2.05) is 0 Å². The van der Waals surface area contributed by atoms with E-state index in [1.54, 1.807) is 6.20 Å². The molecule has 0 spiro atoms. The number of aliphatic hydroxyl groups excluding tert-OH is 1. The highest BCUT2D eigenvalue weighted by Gasteiger charge is 2.54. The number of fused-ring (bicyclic) bond motifs is 2. The molecule has 2 saturated carbocycles. The Labute approximate surface area is 292 Å². The number of aromatic nitrogens is 4. The fraction of sp³-hybridized carbons (Fsp3) is 0.438. The number of halogens is 7. The number of hydrogen-bond donors (Lipinski definition) is 3. The van der Waals surface area contributed by atoms with Crippen LogP contribution in [0, 0.1) is 11.8 Å². The fourth-order valence-corrected chi connectivity index (χ4v) is 10.7. The van der Waals surface area contributed by atoms with Gasteiger partial charge in [0.15, 0.2) is 0 Å². The number of alkyl halides is 7. The van der Waals surface area contributed by atoms with Crippen molar-refractivity contribution >= 4 is 20.0 Å². The van der Waals surface area contributed by atoms with Crippen LogP contribution in [0.2, 0.25) is 0 Å². The predicted molar refractivity (Wildman–Crippen MR) is 168 cm³/mol. The second-order valence-electron chi connectivity index (χ2n) is 13.1. The van der Waals surface area contributed by atoms with Crippen LogP contribution in [-0.2, 0) is 32.4 Å². The zero-order valence-corrected chi connectivity index (χ0v) is 28.4. The van der Waals surface area contributed by atoms with E-state index >= 15 is 0 Å². The molecule has 0 radical (unpaired) electrons. The van der Waals surface area contributed by atoms with Crippen molar-refractivity contribution in [1.29, 1.82) is 0 Å². The fourth-order valence-electron chi connectivity index (χ4n) is 7.11. The lowest BCUT2D eigenvalue weighted by molar-refractivity contribution is -0.138. The maximum Gasteiger partial charge on any atom is 0.416 e. The van der Waals surface area contributed by atoms with Crippen molar-refractivity contribution in [2.24, 2.45) is 11.8 Å². The number of rotatable bonds is 8. The SMILES string of the molecule is O=S(=O)(c1ccc(C(F)(F)F)cc1)N1C(CF)c2[nH]ncc2[C@H]1C1CC1.O=S(=O)(c1ccc(C(F)(F)F)cc1)N1C(CO)c2[nH]ncc2[C@H]1C1CC1. The van der Waals surface area contributed by atoms with Gasteiger partial charge in [0.1, 0.15) is 6.67 Å². The molecule has 4 atom stereocenters. The number of nitrogens with zero attached hydrogens (tertiary/aromatic N) is 4. The largest absolute Gasteiger partial charge is 0.416 e. The van der Waals surface area contributed by atoms with Gasteiger partial charge in [0.25, 0.3) is 0 Å². The molecule has 2 aromatic heterocycles. The molecule has 2 aliphatic carbocycles.